The van der Waals surface area contributed by atoms with Crippen molar-refractivity contribution in [1.29, 1.82) is 0 Å². The van der Waals surface area contributed by atoms with E-state index in [0.717, 1.165) is 24.8 Å². The first-order chi connectivity index (χ1) is 13.3. The van der Waals surface area contributed by atoms with Crippen LogP contribution < -0.4 is 4.72 Å². The molecule has 0 bridgehead atoms. The molecule has 150 valence electrons. The van der Waals surface area contributed by atoms with Crippen LogP contribution >= 0.6 is 11.6 Å². The van der Waals surface area contributed by atoms with Crippen molar-refractivity contribution in [2.24, 2.45) is 0 Å². The molecule has 2 aromatic rings. The second-order valence-corrected chi connectivity index (χ2v) is 9.70. The molecule has 0 spiro atoms. The predicted octanol–water partition coefficient (Wildman–Crippen LogP) is 4.89. The van der Waals surface area contributed by atoms with Crippen LogP contribution in [0.15, 0.2) is 36.4 Å². The van der Waals surface area contributed by atoms with Gasteiger partial charge in [0.1, 0.15) is 5.82 Å². The summed E-state index contributed by atoms with van der Waals surface area (Å²) in [5.74, 6) is -1.23. The Balaban J connectivity index is 1.81. The summed E-state index contributed by atoms with van der Waals surface area (Å²) in [7, 11) is -3.59. The summed E-state index contributed by atoms with van der Waals surface area (Å²) < 4.78 is 41.8. The molecule has 0 atom stereocenters. The molecule has 1 saturated carbocycles. The molecule has 2 aromatic carbocycles. The summed E-state index contributed by atoms with van der Waals surface area (Å²) in [4.78, 5) is 12.6. The topological polar surface area (TPSA) is 63.2 Å². The first kappa shape index (κ1) is 21.0. The molecular formula is C21H23ClFNO3S. The maximum Gasteiger partial charge on any atom is 0.214 e. The van der Waals surface area contributed by atoms with Crippen LogP contribution in [-0.4, -0.2) is 26.0 Å². The van der Waals surface area contributed by atoms with Crippen molar-refractivity contribution in [3.8, 4) is 11.1 Å². The average Bonchev–Trinajstić information content (AvgIpc) is 2.69. The number of carbonyl (C=O) groups excluding carboxylic acids is 1. The van der Waals surface area contributed by atoms with E-state index in [1.807, 2.05) is 6.07 Å². The van der Waals surface area contributed by atoms with Crippen LogP contribution in [0.4, 0.5) is 4.39 Å². The molecule has 0 radical (unpaired) electrons. The SMILES string of the molecule is Cc1cc(-c2cccc(Cl)c2)cc(C(=O)CNS(=O)(=O)C2CCCCC2)c1F. The Labute approximate surface area is 170 Å². The molecule has 0 unspecified atom stereocenters. The molecule has 3 rings (SSSR count). The number of rotatable bonds is 6. The monoisotopic (exact) mass is 423 g/mol. The third-order valence-electron chi connectivity index (χ3n) is 5.14. The van der Waals surface area contributed by atoms with Crippen LogP contribution in [-0.2, 0) is 10.0 Å². The second kappa shape index (κ2) is 8.72. The van der Waals surface area contributed by atoms with Crippen LogP contribution in [0.25, 0.3) is 11.1 Å². The van der Waals surface area contributed by atoms with Gasteiger partial charge in [0.2, 0.25) is 10.0 Å². The standard InChI is InChI=1S/C21H23ClFNO3S/c1-14-10-16(15-6-5-7-17(22)11-15)12-19(21(14)23)20(25)13-24-28(26,27)18-8-3-2-4-9-18/h5-7,10-12,18,24H,2-4,8-9,13H2,1H3. The average molecular weight is 424 g/mol. The van der Waals surface area contributed by atoms with E-state index in [1.54, 1.807) is 31.2 Å². The van der Waals surface area contributed by atoms with Crippen molar-refractivity contribution in [3.05, 3.63) is 58.4 Å². The number of hydrogen-bond donors (Lipinski definition) is 1. The largest absolute Gasteiger partial charge is 0.293 e. The second-order valence-electron chi connectivity index (χ2n) is 7.21. The quantitative estimate of drug-likeness (QED) is 0.673. The van der Waals surface area contributed by atoms with E-state index in [-0.39, 0.29) is 5.56 Å². The van der Waals surface area contributed by atoms with Gasteiger partial charge in [0.05, 0.1) is 17.4 Å². The molecule has 0 saturated heterocycles. The Kier molecular flexibility index (Phi) is 6.53. The first-order valence-corrected chi connectivity index (χ1v) is 11.3. The van der Waals surface area contributed by atoms with E-state index in [9.17, 15) is 17.6 Å². The van der Waals surface area contributed by atoms with E-state index in [4.69, 9.17) is 11.6 Å². The lowest BCUT2D eigenvalue weighted by molar-refractivity contribution is 0.0993. The van der Waals surface area contributed by atoms with Gasteiger partial charge in [-0.3, -0.25) is 4.79 Å². The minimum atomic E-state index is -3.59. The lowest BCUT2D eigenvalue weighted by atomic mass is 9.98. The Morgan fingerprint density at radius 3 is 2.54 bits per heavy atom. The number of benzene rings is 2. The zero-order valence-electron chi connectivity index (χ0n) is 15.7. The third-order valence-corrected chi connectivity index (χ3v) is 7.27. The van der Waals surface area contributed by atoms with Crippen molar-refractivity contribution in [2.75, 3.05) is 6.54 Å². The minimum absolute atomic E-state index is 0.124. The lowest BCUT2D eigenvalue weighted by Gasteiger charge is -2.21. The number of hydrogen-bond acceptors (Lipinski definition) is 3. The first-order valence-electron chi connectivity index (χ1n) is 9.35. The Hall–Kier alpha value is -1.76. The van der Waals surface area contributed by atoms with Gasteiger partial charge in [-0.15, -0.1) is 0 Å². The number of aryl methyl sites for hydroxylation is 1. The fourth-order valence-electron chi connectivity index (χ4n) is 3.56. The van der Waals surface area contributed by atoms with Crippen molar-refractivity contribution in [1.82, 2.24) is 4.72 Å². The molecular weight excluding hydrogens is 401 g/mol. The number of nitrogens with one attached hydrogen (secondary N) is 1. The highest BCUT2D eigenvalue weighted by atomic mass is 35.5. The third kappa shape index (κ3) is 4.80. The highest BCUT2D eigenvalue weighted by Gasteiger charge is 2.28. The number of halogens is 2. The molecule has 1 aliphatic rings. The van der Waals surface area contributed by atoms with Gasteiger partial charge >= 0.3 is 0 Å². The highest BCUT2D eigenvalue weighted by molar-refractivity contribution is 7.90. The van der Waals surface area contributed by atoms with E-state index in [0.29, 0.717) is 29.0 Å². The summed E-state index contributed by atoms with van der Waals surface area (Å²) in [5.41, 5.74) is 1.60. The van der Waals surface area contributed by atoms with Gasteiger partial charge in [0, 0.05) is 5.02 Å². The predicted molar refractivity (Wildman–Crippen MR) is 110 cm³/mol. The highest BCUT2D eigenvalue weighted by Crippen LogP contribution is 2.27. The summed E-state index contributed by atoms with van der Waals surface area (Å²) in [6, 6.07) is 10.1. The van der Waals surface area contributed by atoms with Gasteiger partial charge in [-0.1, -0.05) is 43.0 Å². The van der Waals surface area contributed by atoms with Gasteiger partial charge in [0.25, 0.3) is 0 Å². The number of carbonyl (C=O) groups is 1. The fraction of sp³-hybridized carbons (Fsp3) is 0.381. The van der Waals surface area contributed by atoms with Crippen LogP contribution in [0, 0.1) is 12.7 Å². The van der Waals surface area contributed by atoms with Crippen molar-refractivity contribution in [2.45, 2.75) is 44.3 Å². The van der Waals surface area contributed by atoms with E-state index in [2.05, 4.69) is 4.72 Å². The van der Waals surface area contributed by atoms with E-state index in [1.165, 1.54) is 6.07 Å². The molecule has 1 aliphatic carbocycles. The summed E-state index contributed by atoms with van der Waals surface area (Å²) >= 11 is 6.02. The maximum absolute atomic E-state index is 14.6. The molecule has 0 heterocycles. The minimum Gasteiger partial charge on any atom is -0.293 e. The fourth-order valence-corrected chi connectivity index (χ4v) is 5.27. The van der Waals surface area contributed by atoms with Crippen molar-refractivity contribution in [3.63, 3.8) is 0 Å². The zero-order chi connectivity index (χ0) is 20.3. The molecule has 7 heteroatoms. The van der Waals surface area contributed by atoms with Gasteiger partial charge in [-0.25, -0.2) is 17.5 Å². The number of Topliss-reactive ketones (excluding diaryl/α,β-unsaturated/α-hetero) is 1. The zero-order valence-corrected chi connectivity index (χ0v) is 17.2. The van der Waals surface area contributed by atoms with Crippen molar-refractivity contribution < 1.29 is 17.6 Å². The normalized spacial score (nSPS) is 15.5. The van der Waals surface area contributed by atoms with Crippen LogP contribution in [0.3, 0.4) is 0 Å². The molecule has 1 N–H and O–H groups in total. The summed E-state index contributed by atoms with van der Waals surface area (Å²) in [6.45, 7) is 1.13. The molecule has 28 heavy (non-hydrogen) atoms. The van der Waals surface area contributed by atoms with Gasteiger partial charge in [-0.2, -0.15) is 0 Å². The number of ketones is 1. The Morgan fingerprint density at radius 1 is 1.14 bits per heavy atom. The molecule has 0 aliphatic heterocycles. The van der Waals surface area contributed by atoms with Crippen molar-refractivity contribution >= 4 is 27.4 Å². The molecule has 0 amide bonds. The molecule has 0 aromatic heterocycles. The van der Waals surface area contributed by atoms with Gasteiger partial charge in [0.15, 0.2) is 5.78 Å². The van der Waals surface area contributed by atoms with Gasteiger partial charge < -0.3 is 0 Å². The van der Waals surface area contributed by atoms with Gasteiger partial charge in [-0.05, 0) is 60.7 Å². The van der Waals surface area contributed by atoms with E-state index < -0.39 is 33.4 Å². The maximum atomic E-state index is 14.6. The Morgan fingerprint density at radius 2 is 1.86 bits per heavy atom. The lowest BCUT2D eigenvalue weighted by Crippen LogP contribution is -2.38. The molecule has 4 nitrogen and oxygen atoms in total. The van der Waals surface area contributed by atoms with Crippen LogP contribution in [0.1, 0.15) is 48.0 Å². The number of sulfonamides is 1. The summed E-state index contributed by atoms with van der Waals surface area (Å²) in [5, 5.41) is 0.0611. The van der Waals surface area contributed by atoms with E-state index >= 15 is 0 Å². The Bertz CT molecular complexity index is 985. The molecule has 1 fully saturated rings. The van der Waals surface area contributed by atoms with Crippen LogP contribution in [0.5, 0.6) is 0 Å². The smallest absolute Gasteiger partial charge is 0.214 e. The summed E-state index contributed by atoms with van der Waals surface area (Å²) in [6.07, 6.45) is 3.97. The van der Waals surface area contributed by atoms with Crippen LogP contribution in [0.2, 0.25) is 5.02 Å².